The zero-order valence-electron chi connectivity index (χ0n) is 8.76. The van der Waals surface area contributed by atoms with Crippen LogP contribution in [0.4, 0.5) is 0 Å². The molecular weight excluding hydrogens is 228 g/mol. The van der Waals surface area contributed by atoms with Gasteiger partial charge in [0.2, 0.25) is 0 Å². The zero-order chi connectivity index (χ0) is 9.68. The van der Waals surface area contributed by atoms with Gasteiger partial charge in [0, 0.05) is 11.4 Å². The van der Waals surface area contributed by atoms with Crippen LogP contribution in [0.5, 0.6) is 0 Å². The smallest absolute Gasteiger partial charge is 0.0700 e. The second kappa shape index (κ2) is 6.02. The molecular formula is C11H21BrO. The minimum absolute atomic E-state index is 0.493. The largest absolute Gasteiger partial charge is 0.377 e. The molecule has 2 atom stereocenters. The van der Waals surface area contributed by atoms with Gasteiger partial charge >= 0.3 is 0 Å². The molecule has 13 heavy (non-hydrogen) atoms. The van der Waals surface area contributed by atoms with Gasteiger partial charge < -0.3 is 4.74 Å². The third-order valence-corrected chi connectivity index (χ3v) is 3.68. The SMILES string of the molecule is CC(C)CCCOC1CCCC1Br. The Hall–Kier alpha value is 0.440. The van der Waals surface area contributed by atoms with E-state index in [2.05, 4.69) is 29.8 Å². The van der Waals surface area contributed by atoms with Crippen molar-refractivity contribution in [2.24, 2.45) is 5.92 Å². The summed E-state index contributed by atoms with van der Waals surface area (Å²) in [4.78, 5) is 0.617. The topological polar surface area (TPSA) is 9.23 Å². The number of hydrogen-bond donors (Lipinski definition) is 0. The summed E-state index contributed by atoms with van der Waals surface area (Å²) in [6.07, 6.45) is 6.86. The van der Waals surface area contributed by atoms with Gasteiger partial charge in [-0.05, 0) is 38.0 Å². The maximum absolute atomic E-state index is 5.82. The van der Waals surface area contributed by atoms with Gasteiger partial charge in [-0.15, -0.1) is 0 Å². The third-order valence-electron chi connectivity index (χ3n) is 2.63. The van der Waals surface area contributed by atoms with E-state index >= 15 is 0 Å². The number of rotatable bonds is 5. The average molecular weight is 249 g/mol. The molecule has 1 saturated carbocycles. The van der Waals surface area contributed by atoms with Crippen LogP contribution in [-0.4, -0.2) is 17.5 Å². The van der Waals surface area contributed by atoms with Crippen molar-refractivity contribution in [3.8, 4) is 0 Å². The van der Waals surface area contributed by atoms with Crippen LogP contribution in [0, 0.1) is 5.92 Å². The van der Waals surface area contributed by atoms with Crippen molar-refractivity contribution >= 4 is 15.9 Å². The van der Waals surface area contributed by atoms with Crippen LogP contribution in [-0.2, 0) is 4.74 Å². The summed E-state index contributed by atoms with van der Waals surface area (Å²) in [6, 6.07) is 0. The van der Waals surface area contributed by atoms with Gasteiger partial charge in [-0.2, -0.15) is 0 Å². The molecule has 0 aromatic heterocycles. The van der Waals surface area contributed by atoms with E-state index in [1.165, 1.54) is 32.1 Å². The summed E-state index contributed by atoms with van der Waals surface area (Å²) in [5.41, 5.74) is 0. The van der Waals surface area contributed by atoms with Crippen LogP contribution in [0.1, 0.15) is 46.0 Å². The first-order valence-electron chi connectivity index (χ1n) is 5.46. The molecule has 0 aromatic rings. The van der Waals surface area contributed by atoms with Crippen LogP contribution in [0.3, 0.4) is 0 Å². The molecule has 0 radical (unpaired) electrons. The molecule has 1 rings (SSSR count). The number of hydrogen-bond acceptors (Lipinski definition) is 1. The van der Waals surface area contributed by atoms with Crippen molar-refractivity contribution in [2.45, 2.75) is 56.9 Å². The van der Waals surface area contributed by atoms with E-state index in [1.54, 1.807) is 0 Å². The van der Waals surface area contributed by atoms with E-state index in [9.17, 15) is 0 Å². The van der Waals surface area contributed by atoms with Gasteiger partial charge in [-0.3, -0.25) is 0 Å². The summed E-state index contributed by atoms with van der Waals surface area (Å²) in [6.45, 7) is 5.48. The van der Waals surface area contributed by atoms with E-state index in [0.29, 0.717) is 10.9 Å². The minimum atomic E-state index is 0.493. The maximum atomic E-state index is 5.82. The fourth-order valence-corrected chi connectivity index (χ4v) is 2.54. The monoisotopic (exact) mass is 248 g/mol. The predicted molar refractivity (Wildman–Crippen MR) is 60.4 cm³/mol. The van der Waals surface area contributed by atoms with Crippen LogP contribution in [0.2, 0.25) is 0 Å². The minimum Gasteiger partial charge on any atom is -0.377 e. The number of alkyl halides is 1. The molecule has 2 unspecified atom stereocenters. The number of halogens is 1. The van der Waals surface area contributed by atoms with Crippen molar-refractivity contribution < 1.29 is 4.74 Å². The van der Waals surface area contributed by atoms with Gasteiger partial charge in [-0.1, -0.05) is 29.8 Å². The quantitative estimate of drug-likeness (QED) is 0.532. The zero-order valence-corrected chi connectivity index (χ0v) is 10.3. The molecule has 1 fully saturated rings. The first-order chi connectivity index (χ1) is 6.20. The molecule has 1 aliphatic carbocycles. The summed E-state index contributed by atoms with van der Waals surface area (Å²) >= 11 is 3.66. The van der Waals surface area contributed by atoms with Gasteiger partial charge in [0.25, 0.3) is 0 Å². The Bertz CT molecular complexity index is 136. The second-order valence-corrected chi connectivity index (χ2v) is 5.57. The van der Waals surface area contributed by atoms with Crippen LogP contribution >= 0.6 is 15.9 Å². The van der Waals surface area contributed by atoms with Crippen LogP contribution in [0.15, 0.2) is 0 Å². The molecule has 0 aromatic carbocycles. The Labute approximate surface area is 90.4 Å². The lowest BCUT2D eigenvalue weighted by molar-refractivity contribution is 0.0587. The molecule has 0 bridgehead atoms. The highest BCUT2D eigenvalue weighted by Crippen LogP contribution is 2.28. The van der Waals surface area contributed by atoms with Crippen molar-refractivity contribution in [3.63, 3.8) is 0 Å². The van der Waals surface area contributed by atoms with Crippen molar-refractivity contribution in [1.29, 1.82) is 0 Å². The third kappa shape index (κ3) is 4.46. The highest BCUT2D eigenvalue weighted by atomic mass is 79.9. The standard InChI is InChI=1S/C11H21BrO/c1-9(2)5-4-8-13-11-7-3-6-10(11)12/h9-11H,3-8H2,1-2H3. The first kappa shape index (κ1) is 11.5. The Morgan fingerprint density at radius 2 is 2.15 bits per heavy atom. The van der Waals surface area contributed by atoms with E-state index in [0.717, 1.165) is 12.5 Å². The van der Waals surface area contributed by atoms with Gasteiger partial charge in [0.15, 0.2) is 0 Å². The molecule has 0 spiro atoms. The highest BCUT2D eigenvalue weighted by Gasteiger charge is 2.24. The molecule has 2 heteroatoms. The van der Waals surface area contributed by atoms with Crippen molar-refractivity contribution in [1.82, 2.24) is 0 Å². The van der Waals surface area contributed by atoms with E-state index in [4.69, 9.17) is 4.74 Å². The van der Waals surface area contributed by atoms with Crippen LogP contribution in [0.25, 0.3) is 0 Å². The fraction of sp³-hybridized carbons (Fsp3) is 1.00. The molecule has 0 heterocycles. The van der Waals surface area contributed by atoms with E-state index < -0.39 is 0 Å². The normalized spacial score (nSPS) is 28.6. The van der Waals surface area contributed by atoms with E-state index in [-0.39, 0.29) is 0 Å². The lowest BCUT2D eigenvalue weighted by Crippen LogP contribution is -2.18. The highest BCUT2D eigenvalue weighted by molar-refractivity contribution is 9.09. The predicted octanol–water partition coefficient (Wildman–Crippen LogP) is 3.76. The molecule has 78 valence electrons. The Kier molecular flexibility index (Phi) is 5.34. The van der Waals surface area contributed by atoms with Gasteiger partial charge in [0.1, 0.15) is 0 Å². The first-order valence-corrected chi connectivity index (χ1v) is 6.37. The molecule has 1 nitrogen and oxygen atoms in total. The van der Waals surface area contributed by atoms with Crippen molar-refractivity contribution in [3.05, 3.63) is 0 Å². The molecule has 0 saturated heterocycles. The second-order valence-electron chi connectivity index (χ2n) is 4.39. The summed E-state index contributed by atoms with van der Waals surface area (Å²) < 4.78 is 5.82. The average Bonchev–Trinajstić information content (AvgIpc) is 2.45. The summed E-state index contributed by atoms with van der Waals surface area (Å²) in [5, 5.41) is 0. The van der Waals surface area contributed by atoms with Crippen LogP contribution < -0.4 is 0 Å². The Morgan fingerprint density at radius 1 is 1.38 bits per heavy atom. The summed E-state index contributed by atoms with van der Waals surface area (Å²) in [7, 11) is 0. The van der Waals surface area contributed by atoms with Gasteiger partial charge in [-0.25, -0.2) is 0 Å². The Morgan fingerprint density at radius 3 is 2.69 bits per heavy atom. The molecule has 1 aliphatic rings. The lowest BCUT2D eigenvalue weighted by atomic mass is 10.1. The van der Waals surface area contributed by atoms with Gasteiger partial charge in [0.05, 0.1) is 6.10 Å². The summed E-state index contributed by atoms with van der Waals surface area (Å²) in [5.74, 6) is 0.812. The molecule has 0 N–H and O–H groups in total. The van der Waals surface area contributed by atoms with E-state index in [1.807, 2.05) is 0 Å². The fourth-order valence-electron chi connectivity index (χ4n) is 1.79. The van der Waals surface area contributed by atoms with Crippen molar-refractivity contribution in [2.75, 3.05) is 6.61 Å². The Balaban J connectivity index is 1.99. The number of ether oxygens (including phenoxy) is 1. The maximum Gasteiger partial charge on any atom is 0.0700 e. The lowest BCUT2D eigenvalue weighted by Gasteiger charge is -2.15. The molecule has 0 aliphatic heterocycles. The molecule has 0 amide bonds.